The Morgan fingerprint density at radius 3 is 2.74 bits per heavy atom. The molecule has 2 bridgehead atoms. The van der Waals surface area contributed by atoms with E-state index in [4.69, 9.17) is 4.74 Å². The molecule has 6 rings (SSSR count). The SMILES string of the molecule is CN1C2CCC1CC(COc1cnc(C#N)cc1-c1ccn3nc(NC(=O)C4CC4)cc3c1)C2. The maximum Gasteiger partial charge on any atom is 0.228 e. The Hall–Kier alpha value is -3.44. The number of hydrogen-bond acceptors (Lipinski definition) is 6. The lowest BCUT2D eigenvalue weighted by Crippen LogP contribution is -2.41. The van der Waals surface area contributed by atoms with Crippen molar-refractivity contribution in [3.8, 4) is 22.9 Å². The molecule has 2 unspecified atom stereocenters. The van der Waals surface area contributed by atoms with Gasteiger partial charge in [0.25, 0.3) is 0 Å². The Kier molecular flexibility index (Phi) is 5.22. The average Bonchev–Trinajstić information content (AvgIpc) is 3.59. The van der Waals surface area contributed by atoms with Gasteiger partial charge >= 0.3 is 0 Å². The number of ether oxygens (including phenoxy) is 1. The molecule has 0 radical (unpaired) electrons. The highest BCUT2D eigenvalue weighted by Crippen LogP contribution is 2.38. The van der Waals surface area contributed by atoms with E-state index < -0.39 is 0 Å². The van der Waals surface area contributed by atoms with Crippen molar-refractivity contribution in [2.24, 2.45) is 11.8 Å². The lowest BCUT2D eigenvalue weighted by molar-refractivity contribution is -0.117. The van der Waals surface area contributed by atoms with Gasteiger partial charge in [-0.15, -0.1) is 0 Å². The van der Waals surface area contributed by atoms with Crippen molar-refractivity contribution in [2.45, 2.75) is 50.6 Å². The van der Waals surface area contributed by atoms with Crippen LogP contribution < -0.4 is 10.1 Å². The molecule has 1 aliphatic carbocycles. The molecule has 3 aromatic rings. The van der Waals surface area contributed by atoms with Crippen LogP contribution >= 0.6 is 0 Å². The highest BCUT2D eigenvalue weighted by molar-refractivity contribution is 5.93. The van der Waals surface area contributed by atoms with Crippen LogP contribution in [0, 0.1) is 23.2 Å². The number of aromatic nitrogens is 3. The molecule has 34 heavy (non-hydrogen) atoms. The number of hydrogen-bond donors (Lipinski definition) is 1. The number of nitrogens with zero attached hydrogens (tertiary/aromatic N) is 5. The van der Waals surface area contributed by atoms with Crippen LogP contribution in [0.1, 0.15) is 44.2 Å². The quantitative estimate of drug-likeness (QED) is 0.605. The van der Waals surface area contributed by atoms with E-state index in [0.29, 0.717) is 41.9 Å². The smallest absolute Gasteiger partial charge is 0.228 e. The van der Waals surface area contributed by atoms with Crippen LogP contribution in [0.25, 0.3) is 16.6 Å². The summed E-state index contributed by atoms with van der Waals surface area (Å²) in [6.07, 6.45) is 10.3. The lowest BCUT2D eigenvalue weighted by atomic mass is 9.92. The first-order chi connectivity index (χ1) is 16.6. The fraction of sp³-hybridized carbons (Fsp3) is 0.462. The maximum atomic E-state index is 12.1. The summed E-state index contributed by atoms with van der Waals surface area (Å²) >= 11 is 0. The second kappa shape index (κ2) is 8.41. The van der Waals surface area contributed by atoms with Crippen LogP contribution in [0.4, 0.5) is 5.82 Å². The van der Waals surface area contributed by atoms with Gasteiger partial charge in [0.2, 0.25) is 5.91 Å². The molecule has 2 atom stereocenters. The zero-order valence-electron chi connectivity index (χ0n) is 19.3. The van der Waals surface area contributed by atoms with Gasteiger partial charge in [-0.2, -0.15) is 10.4 Å². The molecular formula is C26H28N6O2. The van der Waals surface area contributed by atoms with Gasteiger partial charge in [0.05, 0.1) is 18.3 Å². The topological polar surface area (TPSA) is 95.6 Å². The third kappa shape index (κ3) is 4.01. The van der Waals surface area contributed by atoms with Crippen molar-refractivity contribution in [2.75, 3.05) is 19.0 Å². The van der Waals surface area contributed by atoms with Crippen molar-refractivity contribution in [3.05, 3.63) is 42.4 Å². The first-order valence-corrected chi connectivity index (χ1v) is 12.1. The molecular weight excluding hydrogens is 428 g/mol. The fourth-order valence-corrected chi connectivity index (χ4v) is 5.51. The van der Waals surface area contributed by atoms with Crippen molar-refractivity contribution in [1.82, 2.24) is 19.5 Å². The Morgan fingerprint density at radius 2 is 2.00 bits per heavy atom. The van der Waals surface area contributed by atoms with E-state index in [2.05, 4.69) is 33.4 Å². The van der Waals surface area contributed by atoms with Gasteiger partial charge in [-0.05, 0) is 75.3 Å². The van der Waals surface area contributed by atoms with Gasteiger partial charge < -0.3 is 15.0 Å². The highest BCUT2D eigenvalue weighted by Gasteiger charge is 2.38. The Bertz CT molecular complexity index is 1280. The minimum Gasteiger partial charge on any atom is -0.491 e. The molecule has 3 aromatic heterocycles. The van der Waals surface area contributed by atoms with Gasteiger partial charge in [-0.25, -0.2) is 9.50 Å². The molecule has 0 aromatic carbocycles. The molecule has 3 aliphatic rings. The first kappa shape index (κ1) is 21.1. The van der Waals surface area contributed by atoms with E-state index in [9.17, 15) is 10.1 Å². The van der Waals surface area contributed by atoms with E-state index >= 15 is 0 Å². The Labute approximate surface area is 198 Å². The normalized spacial score (nSPS) is 24.2. The van der Waals surface area contributed by atoms with E-state index in [-0.39, 0.29) is 11.8 Å². The van der Waals surface area contributed by atoms with Crippen molar-refractivity contribution in [1.29, 1.82) is 5.26 Å². The molecule has 3 fully saturated rings. The fourth-order valence-electron chi connectivity index (χ4n) is 5.51. The predicted molar refractivity (Wildman–Crippen MR) is 127 cm³/mol. The standard InChI is InChI=1S/C26H28N6O2/c1-31-20-4-5-21(31)9-16(8-20)15-34-24-14-28-19(13-27)11-23(24)18-6-7-32-22(10-18)12-25(30-32)29-26(33)17-2-3-17/h6-7,10-12,14,16-17,20-21H,2-5,8-9,15H2,1H3,(H,29,30,33). The van der Waals surface area contributed by atoms with Crippen LogP contribution in [0.2, 0.25) is 0 Å². The number of amides is 1. The van der Waals surface area contributed by atoms with Crippen LogP contribution in [-0.4, -0.2) is 51.1 Å². The summed E-state index contributed by atoms with van der Waals surface area (Å²) in [5, 5.41) is 16.8. The summed E-state index contributed by atoms with van der Waals surface area (Å²) in [5.41, 5.74) is 2.97. The van der Waals surface area contributed by atoms with E-state index in [0.717, 1.165) is 29.5 Å². The number of fused-ring (bicyclic) bond motifs is 3. The molecule has 0 spiro atoms. The summed E-state index contributed by atoms with van der Waals surface area (Å²) in [5.74, 6) is 1.94. The van der Waals surface area contributed by atoms with E-state index in [1.165, 1.54) is 25.7 Å². The lowest BCUT2D eigenvalue weighted by Gasteiger charge is -2.36. The zero-order chi connectivity index (χ0) is 23.2. The van der Waals surface area contributed by atoms with Gasteiger partial charge in [0.1, 0.15) is 17.5 Å². The number of carbonyl (C=O) groups excluding carboxylic acids is 1. The summed E-state index contributed by atoms with van der Waals surface area (Å²) in [6.45, 7) is 0.660. The van der Waals surface area contributed by atoms with Gasteiger partial charge in [-0.3, -0.25) is 4.79 Å². The summed E-state index contributed by atoms with van der Waals surface area (Å²) < 4.78 is 8.07. The predicted octanol–water partition coefficient (Wildman–Crippen LogP) is 3.87. The van der Waals surface area contributed by atoms with E-state index in [1.807, 2.05) is 24.4 Å². The number of anilines is 1. The molecule has 8 heteroatoms. The summed E-state index contributed by atoms with van der Waals surface area (Å²) in [4.78, 5) is 18.9. The third-order valence-corrected chi connectivity index (χ3v) is 7.63. The van der Waals surface area contributed by atoms with Crippen molar-refractivity contribution < 1.29 is 9.53 Å². The molecule has 174 valence electrons. The summed E-state index contributed by atoms with van der Waals surface area (Å²) in [6, 6.07) is 11.1. The monoisotopic (exact) mass is 456 g/mol. The van der Waals surface area contributed by atoms with E-state index in [1.54, 1.807) is 16.8 Å². The second-order valence-electron chi connectivity index (χ2n) is 9.95. The molecule has 1 saturated carbocycles. The number of nitriles is 1. The minimum atomic E-state index is 0.0365. The van der Waals surface area contributed by atoms with Crippen LogP contribution in [0.15, 0.2) is 36.7 Å². The minimum absolute atomic E-state index is 0.0365. The average molecular weight is 457 g/mol. The molecule has 2 saturated heterocycles. The maximum absolute atomic E-state index is 12.1. The number of nitrogens with one attached hydrogen (secondary N) is 1. The molecule has 5 heterocycles. The van der Waals surface area contributed by atoms with Crippen LogP contribution in [-0.2, 0) is 4.79 Å². The molecule has 2 aliphatic heterocycles. The Morgan fingerprint density at radius 1 is 1.21 bits per heavy atom. The van der Waals surface area contributed by atoms with Crippen LogP contribution in [0.5, 0.6) is 5.75 Å². The van der Waals surface area contributed by atoms with Crippen molar-refractivity contribution >= 4 is 17.2 Å². The molecule has 1 N–H and O–H groups in total. The Balaban J connectivity index is 1.24. The van der Waals surface area contributed by atoms with Gasteiger partial charge in [0.15, 0.2) is 5.82 Å². The molecule has 8 nitrogen and oxygen atoms in total. The highest BCUT2D eigenvalue weighted by atomic mass is 16.5. The summed E-state index contributed by atoms with van der Waals surface area (Å²) in [7, 11) is 2.25. The number of carbonyl (C=O) groups is 1. The zero-order valence-corrected chi connectivity index (χ0v) is 19.3. The largest absolute Gasteiger partial charge is 0.491 e. The molecule has 1 amide bonds. The second-order valence-corrected chi connectivity index (χ2v) is 9.95. The third-order valence-electron chi connectivity index (χ3n) is 7.63. The van der Waals surface area contributed by atoms with Crippen LogP contribution in [0.3, 0.4) is 0 Å². The van der Waals surface area contributed by atoms with Gasteiger partial charge in [0, 0.05) is 35.8 Å². The van der Waals surface area contributed by atoms with Crippen molar-refractivity contribution in [3.63, 3.8) is 0 Å². The number of piperidine rings is 1. The van der Waals surface area contributed by atoms with Gasteiger partial charge in [-0.1, -0.05) is 0 Å². The number of pyridine rings is 2. The number of rotatable bonds is 6. The first-order valence-electron chi connectivity index (χ1n) is 12.1.